The summed E-state index contributed by atoms with van der Waals surface area (Å²) in [6.45, 7) is 4.25. The molecule has 1 rings (SSSR count). The largest absolute Gasteiger partial charge is 0.449 e. The van der Waals surface area contributed by atoms with Gasteiger partial charge in [0.1, 0.15) is 6.26 Å². The fourth-order valence-electron chi connectivity index (χ4n) is 0.930. The van der Waals surface area contributed by atoms with Crippen molar-refractivity contribution in [3.8, 4) is 0 Å². The van der Waals surface area contributed by atoms with Crippen LogP contribution in [-0.2, 0) is 12.8 Å². The standard InChI is InChI=1S/C9H15NOS/c1-3-8-7-11-9(10-8)5-6-12-4-2/h7H,3-6H2,1-2H3. The van der Waals surface area contributed by atoms with Crippen molar-refractivity contribution < 1.29 is 4.42 Å². The second-order valence-electron chi connectivity index (χ2n) is 2.53. The Morgan fingerprint density at radius 1 is 1.50 bits per heavy atom. The van der Waals surface area contributed by atoms with E-state index in [2.05, 4.69) is 18.8 Å². The average molecular weight is 185 g/mol. The zero-order chi connectivity index (χ0) is 8.81. The van der Waals surface area contributed by atoms with Crippen molar-refractivity contribution in [2.75, 3.05) is 11.5 Å². The van der Waals surface area contributed by atoms with E-state index in [0.29, 0.717) is 0 Å². The predicted molar refractivity (Wildman–Crippen MR) is 52.6 cm³/mol. The van der Waals surface area contributed by atoms with Gasteiger partial charge in [-0.1, -0.05) is 13.8 Å². The summed E-state index contributed by atoms with van der Waals surface area (Å²) < 4.78 is 5.28. The number of hydrogen-bond acceptors (Lipinski definition) is 3. The second kappa shape index (κ2) is 5.25. The smallest absolute Gasteiger partial charge is 0.195 e. The lowest BCUT2D eigenvalue weighted by Gasteiger charge is -1.92. The number of rotatable bonds is 5. The van der Waals surface area contributed by atoms with Crippen molar-refractivity contribution in [1.82, 2.24) is 4.98 Å². The molecule has 1 heterocycles. The van der Waals surface area contributed by atoms with E-state index in [4.69, 9.17) is 4.42 Å². The number of thioether (sulfide) groups is 1. The van der Waals surface area contributed by atoms with Gasteiger partial charge in [0.25, 0.3) is 0 Å². The minimum Gasteiger partial charge on any atom is -0.449 e. The quantitative estimate of drug-likeness (QED) is 0.659. The van der Waals surface area contributed by atoms with Gasteiger partial charge < -0.3 is 4.42 Å². The summed E-state index contributed by atoms with van der Waals surface area (Å²) >= 11 is 1.92. The highest BCUT2D eigenvalue weighted by molar-refractivity contribution is 7.99. The van der Waals surface area contributed by atoms with Crippen molar-refractivity contribution in [2.24, 2.45) is 0 Å². The van der Waals surface area contributed by atoms with Gasteiger partial charge in [-0.3, -0.25) is 0 Å². The Balaban J connectivity index is 2.31. The molecule has 12 heavy (non-hydrogen) atoms. The van der Waals surface area contributed by atoms with Gasteiger partial charge in [0.15, 0.2) is 5.89 Å². The molecule has 0 radical (unpaired) electrons. The highest BCUT2D eigenvalue weighted by Gasteiger charge is 2.00. The molecule has 0 N–H and O–H groups in total. The van der Waals surface area contributed by atoms with Crippen molar-refractivity contribution >= 4 is 11.8 Å². The van der Waals surface area contributed by atoms with E-state index in [0.717, 1.165) is 30.2 Å². The highest BCUT2D eigenvalue weighted by atomic mass is 32.2. The maximum Gasteiger partial charge on any atom is 0.195 e. The van der Waals surface area contributed by atoms with E-state index in [1.54, 1.807) is 6.26 Å². The third-order valence-corrected chi connectivity index (χ3v) is 2.53. The average Bonchev–Trinajstić information content (AvgIpc) is 2.53. The molecule has 0 spiro atoms. The van der Waals surface area contributed by atoms with E-state index < -0.39 is 0 Å². The monoisotopic (exact) mass is 185 g/mol. The van der Waals surface area contributed by atoms with Crippen LogP contribution in [0, 0.1) is 0 Å². The fraction of sp³-hybridized carbons (Fsp3) is 0.667. The van der Waals surface area contributed by atoms with E-state index >= 15 is 0 Å². The van der Waals surface area contributed by atoms with Gasteiger partial charge in [-0.2, -0.15) is 11.8 Å². The lowest BCUT2D eigenvalue weighted by atomic mass is 10.4. The van der Waals surface area contributed by atoms with Gasteiger partial charge in [-0.05, 0) is 12.2 Å². The van der Waals surface area contributed by atoms with Crippen molar-refractivity contribution in [1.29, 1.82) is 0 Å². The van der Waals surface area contributed by atoms with Crippen LogP contribution in [0.25, 0.3) is 0 Å². The molecular formula is C9H15NOS. The second-order valence-corrected chi connectivity index (χ2v) is 3.93. The normalized spacial score (nSPS) is 10.5. The Morgan fingerprint density at radius 2 is 2.33 bits per heavy atom. The van der Waals surface area contributed by atoms with Crippen LogP contribution in [0.2, 0.25) is 0 Å². The summed E-state index contributed by atoms with van der Waals surface area (Å²) in [5.41, 5.74) is 1.06. The van der Waals surface area contributed by atoms with Gasteiger partial charge in [0.05, 0.1) is 5.69 Å². The third kappa shape index (κ3) is 2.89. The first-order valence-electron chi connectivity index (χ1n) is 4.37. The minimum atomic E-state index is 0.882. The zero-order valence-electron chi connectivity index (χ0n) is 7.67. The van der Waals surface area contributed by atoms with E-state index in [1.807, 2.05) is 11.8 Å². The molecule has 0 unspecified atom stereocenters. The molecule has 0 aliphatic carbocycles. The molecule has 0 saturated carbocycles. The zero-order valence-corrected chi connectivity index (χ0v) is 8.49. The molecule has 3 heteroatoms. The Hall–Kier alpha value is -0.440. The Morgan fingerprint density at radius 3 is 2.92 bits per heavy atom. The summed E-state index contributed by atoms with van der Waals surface area (Å²) in [6, 6.07) is 0. The SMILES string of the molecule is CCSCCc1nc(CC)co1. The Kier molecular flexibility index (Phi) is 4.22. The van der Waals surface area contributed by atoms with Crippen LogP contribution < -0.4 is 0 Å². The number of hydrogen-bond donors (Lipinski definition) is 0. The Bertz CT molecular complexity index is 222. The Labute approximate surface area is 77.8 Å². The lowest BCUT2D eigenvalue weighted by molar-refractivity contribution is 0.502. The first-order chi connectivity index (χ1) is 5.86. The number of nitrogens with zero attached hydrogens (tertiary/aromatic N) is 1. The topological polar surface area (TPSA) is 26.0 Å². The van der Waals surface area contributed by atoms with Crippen LogP contribution in [0.4, 0.5) is 0 Å². The molecule has 1 aromatic heterocycles. The number of aromatic nitrogens is 1. The molecule has 0 saturated heterocycles. The maximum atomic E-state index is 5.28. The van der Waals surface area contributed by atoms with E-state index in [1.165, 1.54) is 5.75 Å². The molecule has 0 aromatic carbocycles. The van der Waals surface area contributed by atoms with Crippen LogP contribution in [0.1, 0.15) is 25.4 Å². The first-order valence-corrected chi connectivity index (χ1v) is 5.53. The summed E-state index contributed by atoms with van der Waals surface area (Å²) in [5.74, 6) is 3.16. The fourth-order valence-corrected chi connectivity index (χ4v) is 1.54. The maximum absolute atomic E-state index is 5.28. The van der Waals surface area contributed by atoms with Crippen molar-refractivity contribution in [2.45, 2.75) is 26.7 Å². The molecule has 0 fully saturated rings. The molecule has 1 aromatic rings. The van der Waals surface area contributed by atoms with E-state index in [9.17, 15) is 0 Å². The molecular weight excluding hydrogens is 170 g/mol. The summed E-state index contributed by atoms with van der Waals surface area (Å²) in [5, 5.41) is 0. The van der Waals surface area contributed by atoms with Crippen LogP contribution in [-0.4, -0.2) is 16.5 Å². The third-order valence-electron chi connectivity index (χ3n) is 1.63. The molecule has 0 bridgehead atoms. The van der Waals surface area contributed by atoms with Crippen LogP contribution in [0.15, 0.2) is 10.7 Å². The van der Waals surface area contributed by atoms with Gasteiger partial charge in [-0.25, -0.2) is 4.98 Å². The summed E-state index contributed by atoms with van der Waals surface area (Å²) in [7, 11) is 0. The highest BCUT2D eigenvalue weighted by Crippen LogP contribution is 2.07. The van der Waals surface area contributed by atoms with Gasteiger partial charge >= 0.3 is 0 Å². The van der Waals surface area contributed by atoms with Crippen LogP contribution in [0.3, 0.4) is 0 Å². The molecule has 0 amide bonds. The summed E-state index contributed by atoms with van der Waals surface area (Å²) in [6.07, 6.45) is 3.68. The van der Waals surface area contributed by atoms with Crippen LogP contribution in [0.5, 0.6) is 0 Å². The van der Waals surface area contributed by atoms with Crippen molar-refractivity contribution in [3.05, 3.63) is 17.8 Å². The van der Waals surface area contributed by atoms with Crippen LogP contribution >= 0.6 is 11.8 Å². The molecule has 0 aliphatic heterocycles. The molecule has 0 aliphatic rings. The number of aryl methyl sites for hydroxylation is 2. The van der Waals surface area contributed by atoms with Gasteiger partial charge in [0.2, 0.25) is 0 Å². The minimum absolute atomic E-state index is 0.882. The van der Waals surface area contributed by atoms with Gasteiger partial charge in [-0.15, -0.1) is 0 Å². The number of oxazole rings is 1. The summed E-state index contributed by atoms with van der Waals surface area (Å²) in [4.78, 5) is 4.32. The molecule has 2 nitrogen and oxygen atoms in total. The van der Waals surface area contributed by atoms with Gasteiger partial charge in [0, 0.05) is 12.2 Å². The molecule has 68 valence electrons. The molecule has 0 atom stereocenters. The lowest BCUT2D eigenvalue weighted by Crippen LogP contribution is -1.89. The van der Waals surface area contributed by atoms with E-state index in [-0.39, 0.29) is 0 Å². The first kappa shape index (κ1) is 9.65. The predicted octanol–water partition coefficient (Wildman–Crippen LogP) is 2.53. The van der Waals surface area contributed by atoms with Crippen molar-refractivity contribution in [3.63, 3.8) is 0 Å².